The third kappa shape index (κ3) is 3.80. The van der Waals surface area contributed by atoms with Crippen molar-refractivity contribution in [1.82, 2.24) is 9.55 Å². The van der Waals surface area contributed by atoms with E-state index in [2.05, 4.69) is 4.98 Å². The maximum absolute atomic E-state index is 13.3. The van der Waals surface area contributed by atoms with Gasteiger partial charge in [0.05, 0.1) is 26.0 Å². The highest BCUT2D eigenvalue weighted by atomic mass is 19.1. The van der Waals surface area contributed by atoms with Crippen LogP contribution in [0.2, 0.25) is 0 Å². The zero-order valence-electron chi connectivity index (χ0n) is 13.2. The van der Waals surface area contributed by atoms with Crippen molar-refractivity contribution in [1.29, 1.82) is 0 Å². The van der Waals surface area contributed by atoms with Crippen LogP contribution in [0.25, 0.3) is 0 Å². The minimum absolute atomic E-state index is 0.133. The lowest BCUT2D eigenvalue weighted by molar-refractivity contribution is -0.0550. The molecule has 1 aromatic heterocycles. The second kappa shape index (κ2) is 7.55. The van der Waals surface area contributed by atoms with Crippen LogP contribution in [0.3, 0.4) is 0 Å². The number of rotatable bonds is 6. The minimum atomic E-state index is -0.680. The lowest BCUT2D eigenvalue weighted by Gasteiger charge is -2.18. The summed E-state index contributed by atoms with van der Waals surface area (Å²) < 4.78 is 26.1. The van der Waals surface area contributed by atoms with Gasteiger partial charge in [0.25, 0.3) is 0 Å². The van der Waals surface area contributed by atoms with E-state index >= 15 is 0 Å². The molecule has 2 heterocycles. The van der Waals surface area contributed by atoms with E-state index in [4.69, 9.17) is 15.2 Å². The van der Waals surface area contributed by atoms with Crippen molar-refractivity contribution >= 4 is 5.82 Å². The number of halogens is 1. The average molecular weight is 333 g/mol. The zero-order chi connectivity index (χ0) is 16.9. The summed E-state index contributed by atoms with van der Waals surface area (Å²) in [6.45, 7) is 0.241. The number of nitrogens with two attached hydrogens (primary N) is 1. The molecule has 128 valence electrons. The molecular weight excluding hydrogens is 313 g/mol. The lowest BCUT2D eigenvalue weighted by Crippen LogP contribution is -2.30. The summed E-state index contributed by atoms with van der Waals surface area (Å²) in [5.41, 5.74) is 6.01. The molecule has 0 radical (unpaired) electrons. The van der Waals surface area contributed by atoms with Crippen LogP contribution in [0.5, 0.6) is 0 Å². The second-order valence-corrected chi connectivity index (χ2v) is 5.84. The molecule has 2 N–H and O–H groups in total. The predicted octanol–water partition coefficient (Wildman–Crippen LogP) is 1.92. The number of aromatic nitrogens is 2. The highest BCUT2D eigenvalue weighted by molar-refractivity contribution is 5.23. The Morgan fingerprint density at radius 3 is 2.83 bits per heavy atom. The number of hydrogen-bond acceptors (Lipinski definition) is 5. The normalized spacial score (nSPS) is 23.5. The molecule has 1 fully saturated rings. The molecule has 0 spiro atoms. The summed E-state index contributed by atoms with van der Waals surface area (Å²) in [4.78, 5) is 15.6. The van der Waals surface area contributed by atoms with Crippen molar-refractivity contribution in [2.24, 2.45) is 5.92 Å². The fourth-order valence-corrected chi connectivity index (χ4v) is 2.86. The Labute approximate surface area is 139 Å². The van der Waals surface area contributed by atoms with Crippen molar-refractivity contribution in [3.63, 3.8) is 0 Å². The van der Waals surface area contributed by atoms with Crippen LogP contribution in [-0.4, -0.2) is 28.9 Å². The van der Waals surface area contributed by atoms with Crippen molar-refractivity contribution in [3.05, 3.63) is 58.6 Å². The number of nitrogen functional groups attached to an aromatic ring is 1. The van der Waals surface area contributed by atoms with Gasteiger partial charge >= 0.3 is 5.69 Å². The van der Waals surface area contributed by atoms with Gasteiger partial charge in [-0.25, -0.2) is 4.79 Å². The van der Waals surface area contributed by atoms with Gasteiger partial charge in [0.2, 0.25) is 0 Å². The number of nitrogens with zero attached hydrogens (tertiary/aromatic N) is 2. The maximum Gasteiger partial charge on any atom is 0.351 e. The Kier molecular flexibility index (Phi) is 5.22. The molecule has 6 nitrogen and oxygen atoms in total. The van der Waals surface area contributed by atoms with Crippen molar-refractivity contribution in [2.45, 2.75) is 25.4 Å². The first-order valence-corrected chi connectivity index (χ1v) is 7.85. The lowest BCUT2D eigenvalue weighted by atomic mass is 10.1. The number of benzene rings is 1. The Hall–Kier alpha value is -2.25. The molecule has 0 aliphatic carbocycles. The molecule has 3 atom stereocenters. The predicted molar refractivity (Wildman–Crippen MR) is 87.0 cm³/mol. The molecule has 2 aromatic rings. The molecule has 7 heteroatoms. The number of alkyl halides is 1. The van der Waals surface area contributed by atoms with Crippen LogP contribution in [0.1, 0.15) is 18.2 Å². The molecule has 24 heavy (non-hydrogen) atoms. The van der Waals surface area contributed by atoms with Crippen LogP contribution < -0.4 is 11.4 Å². The first-order chi connectivity index (χ1) is 11.7. The highest BCUT2D eigenvalue weighted by Crippen LogP contribution is 2.34. The molecular formula is C17H20FN3O3. The van der Waals surface area contributed by atoms with E-state index in [1.807, 2.05) is 30.3 Å². The van der Waals surface area contributed by atoms with Crippen LogP contribution in [0.4, 0.5) is 10.2 Å². The molecule has 1 aliphatic heterocycles. The van der Waals surface area contributed by atoms with Gasteiger partial charge in [0.15, 0.2) is 0 Å². The minimum Gasteiger partial charge on any atom is -0.383 e. The standard InChI is InChI=1S/C17H20FN3O3/c18-9-13-8-14(11-23-10-12-4-2-1-3-5-12)24-16(13)21-7-6-15(19)20-17(21)22/h1-7,13-14,16H,8-11H2,(H2,19,20,22). The van der Waals surface area contributed by atoms with Gasteiger partial charge in [0.1, 0.15) is 12.0 Å². The summed E-state index contributed by atoms with van der Waals surface area (Å²) in [5.74, 6) is -0.271. The summed E-state index contributed by atoms with van der Waals surface area (Å²) >= 11 is 0. The van der Waals surface area contributed by atoms with Gasteiger partial charge in [0, 0.05) is 12.1 Å². The first kappa shape index (κ1) is 16.6. The van der Waals surface area contributed by atoms with Crippen LogP contribution >= 0.6 is 0 Å². The number of ether oxygens (including phenoxy) is 2. The monoisotopic (exact) mass is 333 g/mol. The van der Waals surface area contributed by atoms with E-state index in [1.54, 1.807) is 0 Å². The molecule has 1 aromatic carbocycles. The smallest absolute Gasteiger partial charge is 0.351 e. The molecule has 0 saturated carbocycles. The molecule has 1 aliphatic rings. The zero-order valence-corrected chi connectivity index (χ0v) is 13.2. The summed E-state index contributed by atoms with van der Waals surface area (Å²) in [6.07, 6.45) is 1.04. The maximum atomic E-state index is 13.3. The topological polar surface area (TPSA) is 79.4 Å². The SMILES string of the molecule is Nc1ccn(C2OC(COCc3ccccc3)CC2CF)c(=O)n1. The van der Waals surface area contributed by atoms with Crippen LogP contribution in [-0.2, 0) is 16.1 Å². The van der Waals surface area contributed by atoms with Gasteiger partial charge in [-0.2, -0.15) is 4.98 Å². The van der Waals surface area contributed by atoms with Gasteiger partial charge in [-0.1, -0.05) is 30.3 Å². The van der Waals surface area contributed by atoms with E-state index in [0.29, 0.717) is 19.6 Å². The van der Waals surface area contributed by atoms with Gasteiger partial charge < -0.3 is 15.2 Å². The van der Waals surface area contributed by atoms with E-state index < -0.39 is 24.5 Å². The highest BCUT2D eigenvalue weighted by Gasteiger charge is 2.37. The third-order valence-electron chi connectivity index (χ3n) is 4.04. The Morgan fingerprint density at radius 2 is 2.12 bits per heavy atom. The summed E-state index contributed by atoms with van der Waals surface area (Å²) in [6, 6.07) is 11.3. The Balaban J connectivity index is 1.61. The fraction of sp³-hybridized carbons (Fsp3) is 0.412. The van der Waals surface area contributed by atoms with E-state index in [0.717, 1.165) is 5.56 Å². The average Bonchev–Trinajstić information content (AvgIpc) is 2.99. The van der Waals surface area contributed by atoms with Crippen molar-refractivity contribution < 1.29 is 13.9 Å². The van der Waals surface area contributed by atoms with Crippen LogP contribution in [0, 0.1) is 5.92 Å². The number of anilines is 1. The van der Waals surface area contributed by atoms with Gasteiger partial charge in [-0.15, -0.1) is 0 Å². The third-order valence-corrected chi connectivity index (χ3v) is 4.04. The summed E-state index contributed by atoms with van der Waals surface area (Å²) in [5, 5.41) is 0. The summed E-state index contributed by atoms with van der Waals surface area (Å²) in [7, 11) is 0. The molecule has 0 amide bonds. The van der Waals surface area contributed by atoms with Crippen molar-refractivity contribution in [2.75, 3.05) is 19.0 Å². The molecule has 3 rings (SSSR count). The molecule has 3 unspecified atom stereocenters. The number of hydrogen-bond donors (Lipinski definition) is 1. The van der Waals surface area contributed by atoms with Gasteiger partial charge in [-0.05, 0) is 18.1 Å². The largest absolute Gasteiger partial charge is 0.383 e. The van der Waals surface area contributed by atoms with Gasteiger partial charge in [-0.3, -0.25) is 8.96 Å². The Morgan fingerprint density at radius 1 is 1.33 bits per heavy atom. The quantitative estimate of drug-likeness (QED) is 0.873. The van der Waals surface area contributed by atoms with E-state index in [1.165, 1.54) is 16.8 Å². The molecule has 0 bridgehead atoms. The second-order valence-electron chi connectivity index (χ2n) is 5.84. The fourth-order valence-electron chi connectivity index (χ4n) is 2.86. The van der Waals surface area contributed by atoms with Crippen molar-refractivity contribution in [3.8, 4) is 0 Å². The first-order valence-electron chi connectivity index (χ1n) is 7.85. The molecule has 1 saturated heterocycles. The Bertz CT molecular complexity index is 723. The van der Waals surface area contributed by atoms with Crippen LogP contribution in [0.15, 0.2) is 47.4 Å². The van der Waals surface area contributed by atoms with E-state index in [9.17, 15) is 9.18 Å². The van der Waals surface area contributed by atoms with E-state index in [-0.39, 0.29) is 11.9 Å².